The van der Waals surface area contributed by atoms with E-state index in [-0.39, 0.29) is 29.0 Å². The number of anilines is 1. The fraction of sp³-hybridized carbons (Fsp3) is 0.500. The maximum atomic E-state index is 13.2. The highest BCUT2D eigenvalue weighted by Crippen LogP contribution is 2.52. The van der Waals surface area contributed by atoms with Crippen molar-refractivity contribution in [1.82, 2.24) is 4.90 Å². The Balaban J connectivity index is 1.47. The highest BCUT2D eigenvalue weighted by atomic mass is 35.5. The van der Waals surface area contributed by atoms with Gasteiger partial charge in [0.25, 0.3) is 0 Å². The lowest BCUT2D eigenvalue weighted by molar-refractivity contribution is -0.235. The van der Waals surface area contributed by atoms with Crippen LogP contribution in [0.25, 0.3) is 0 Å². The summed E-state index contributed by atoms with van der Waals surface area (Å²) in [5.74, 6) is -2.06. The third-order valence-corrected chi connectivity index (χ3v) is 7.85. The molecule has 5 atom stereocenters. The number of aryl methyl sites for hydroxylation is 1. The number of fused-ring (bicyclic) bond motifs is 3. The predicted octanol–water partition coefficient (Wildman–Crippen LogP) is 1.08. The largest absolute Gasteiger partial charge is 0.504 e. The third-order valence-electron chi connectivity index (χ3n) is 7.61. The number of benzene rings is 2. The molecule has 2 saturated heterocycles. The summed E-state index contributed by atoms with van der Waals surface area (Å²) in [5, 5.41) is 53.2. The van der Waals surface area contributed by atoms with Gasteiger partial charge in [-0.15, -0.1) is 0 Å². The Kier molecular flexibility index (Phi) is 7.33. The average Bonchev–Trinajstić information content (AvgIpc) is 2.90. The van der Waals surface area contributed by atoms with Gasteiger partial charge in [-0.25, -0.2) is 4.79 Å². The molecule has 0 aliphatic carbocycles. The molecule has 0 aromatic heterocycles. The number of aliphatic hydroxyl groups excluding tert-OH is 3. The second kappa shape index (κ2) is 10.4. The summed E-state index contributed by atoms with van der Waals surface area (Å²) in [6.07, 6.45) is -6.77. The van der Waals surface area contributed by atoms with Gasteiger partial charge in [-0.2, -0.15) is 0 Å². The van der Waals surface area contributed by atoms with Crippen LogP contribution < -0.4 is 9.64 Å². The van der Waals surface area contributed by atoms with E-state index < -0.39 is 54.6 Å². The minimum absolute atomic E-state index is 0.0199. The van der Waals surface area contributed by atoms with Gasteiger partial charge in [0.05, 0.1) is 19.3 Å². The molecule has 2 fully saturated rings. The van der Waals surface area contributed by atoms with Gasteiger partial charge in [-0.05, 0) is 24.6 Å². The van der Waals surface area contributed by atoms with Crippen molar-refractivity contribution in [3.05, 3.63) is 45.5 Å². The van der Waals surface area contributed by atoms with E-state index in [1.165, 1.54) is 7.11 Å². The maximum absolute atomic E-state index is 13.2. The van der Waals surface area contributed by atoms with Crippen molar-refractivity contribution in [2.24, 2.45) is 0 Å². The van der Waals surface area contributed by atoms with E-state index in [4.69, 9.17) is 25.8 Å². The summed E-state index contributed by atoms with van der Waals surface area (Å²) < 4.78 is 16.5. The van der Waals surface area contributed by atoms with Gasteiger partial charge in [-0.3, -0.25) is 4.90 Å². The van der Waals surface area contributed by atoms with Crippen molar-refractivity contribution >= 4 is 23.3 Å². The Morgan fingerprint density at radius 1 is 1.11 bits per heavy atom. The summed E-state index contributed by atoms with van der Waals surface area (Å²) in [4.78, 5) is 17.5. The quantitative estimate of drug-likeness (QED) is 0.340. The summed E-state index contributed by atoms with van der Waals surface area (Å²) in [6.45, 7) is 4.14. The lowest BCUT2D eigenvalue weighted by atomic mass is 9.84. The van der Waals surface area contributed by atoms with Crippen LogP contribution in [-0.4, -0.2) is 101 Å². The normalized spacial score (nSPS) is 27.5. The SMILES string of the molecule is COc1c(O)c(CN2CCN(c3cc(Cl)ccc3C)CC2)c2c(c1O)C1OC(CO)C(O)C(O)C1OC2=O. The highest BCUT2D eigenvalue weighted by molar-refractivity contribution is 6.30. The van der Waals surface area contributed by atoms with Gasteiger partial charge in [-0.1, -0.05) is 17.7 Å². The monoisotopic (exact) mass is 550 g/mol. The number of carbonyl (C=O) groups excluding carboxylic acids is 1. The van der Waals surface area contributed by atoms with Crippen LogP contribution in [-0.2, 0) is 16.0 Å². The van der Waals surface area contributed by atoms with Crippen molar-refractivity contribution in [1.29, 1.82) is 0 Å². The molecule has 11 nitrogen and oxygen atoms in total. The first-order valence-corrected chi connectivity index (χ1v) is 12.8. The Morgan fingerprint density at radius 2 is 1.82 bits per heavy atom. The number of esters is 1. The minimum atomic E-state index is -1.56. The van der Waals surface area contributed by atoms with Crippen molar-refractivity contribution in [3.8, 4) is 17.2 Å². The number of halogens is 1. The summed E-state index contributed by atoms with van der Waals surface area (Å²) in [6, 6.07) is 5.75. The van der Waals surface area contributed by atoms with Gasteiger partial charge in [0.2, 0.25) is 5.75 Å². The van der Waals surface area contributed by atoms with Gasteiger partial charge < -0.3 is 44.6 Å². The Morgan fingerprint density at radius 3 is 2.47 bits per heavy atom. The van der Waals surface area contributed by atoms with Crippen molar-refractivity contribution < 1.29 is 44.5 Å². The van der Waals surface area contributed by atoms with E-state index in [0.717, 1.165) is 11.3 Å². The van der Waals surface area contributed by atoms with E-state index >= 15 is 0 Å². The topological polar surface area (TPSA) is 152 Å². The highest BCUT2D eigenvalue weighted by Gasteiger charge is 2.53. The fourth-order valence-corrected chi connectivity index (χ4v) is 5.73. The molecule has 0 saturated carbocycles. The van der Waals surface area contributed by atoms with Gasteiger partial charge in [0, 0.05) is 54.6 Å². The molecule has 2 aromatic rings. The number of nitrogens with zero attached hydrogens (tertiary/aromatic N) is 2. The number of aliphatic hydroxyl groups is 3. The molecular weight excluding hydrogens is 520 g/mol. The van der Waals surface area contributed by atoms with E-state index in [1.54, 1.807) is 0 Å². The number of hydrogen-bond acceptors (Lipinski definition) is 11. The number of aromatic hydroxyl groups is 2. The molecule has 38 heavy (non-hydrogen) atoms. The van der Waals surface area contributed by atoms with Crippen LogP contribution in [0.2, 0.25) is 5.02 Å². The van der Waals surface area contributed by atoms with Crippen molar-refractivity contribution in [2.75, 3.05) is 44.8 Å². The van der Waals surface area contributed by atoms with E-state index in [1.807, 2.05) is 25.1 Å². The molecule has 3 heterocycles. The van der Waals surface area contributed by atoms with E-state index in [0.29, 0.717) is 31.2 Å². The molecule has 5 rings (SSSR count). The second-order valence-corrected chi connectivity index (χ2v) is 10.3. The number of ether oxygens (including phenoxy) is 3. The van der Waals surface area contributed by atoms with E-state index in [2.05, 4.69) is 9.80 Å². The van der Waals surface area contributed by atoms with Crippen molar-refractivity contribution in [2.45, 2.75) is 44.0 Å². The number of phenols is 2. The number of piperazine rings is 1. The Bertz CT molecular complexity index is 1230. The average molecular weight is 551 g/mol. The molecule has 0 amide bonds. The first-order chi connectivity index (χ1) is 18.2. The maximum Gasteiger partial charge on any atom is 0.339 e. The van der Waals surface area contributed by atoms with Crippen LogP contribution in [0.1, 0.15) is 33.2 Å². The zero-order valence-corrected chi connectivity index (χ0v) is 21.8. The molecule has 0 bridgehead atoms. The van der Waals surface area contributed by atoms with Crippen molar-refractivity contribution in [3.63, 3.8) is 0 Å². The Hall–Kier alpha value is -2.80. The zero-order valence-electron chi connectivity index (χ0n) is 21.0. The molecule has 3 aliphatic rings. The Labute approximate surface area is 224 Å². The molecule has 206 valence electrons. The molecule has 3 aliphatic heterocycles. The molecule has 12 heteroatoms. The number of carbonyl (C=O) groups is 1. The minimum Gasteiger partial charge on any atom is -0.504 e. The summed E-state index contributed by atoms with van der Waals surface area (Å²) in [7, 11) is 1.27. The molecule has 0 spiro atoms. The van der Waals surface area contributed by atoms with Crippen LogP contribution in [0.5, 0.6) is 17.2 Å². The number of phenolic OH excluding ortho intramolecular Hbond substituents is 2. The first-order valence-electron chi connectivity index (χ1n) is 12.4. The van der Waals surface area contributed by atoms with Crippen LogP contribution >= 0.6 is 11.6 Å². The summed E-state index contributed by atoms with van der Waals surface area (Å²) in [5.41, 5.74) is 2.24. The molecule has 5 N–H and O–H groups in total. The lowest BCUT2D eigenvalue weighted by Gasteiger charge is -2.45. The fourth-order valence-electron chi connectivity index (χ4n) is 5.56. The molecular formula is C26H31ClN2O9. The molecule has 0 radical (unpaired) electrons. The molecule has 2 aromatic carbocycles. The summed E-state index contributed by atoms with van der Waals surface area (Å²) >= 11 is 6.20. The first kappa shape index (κ1) is 26.8. The predicted molar refractivity (Wildman–Crippen MR) is 136 cm³/mol. The second-order valence-electron chi connectivity index (χ2n) is 9.82. The van der Waals surface area contributed by atoms with Crippen LogP contribution in [0.15, 0.2) is 18.2 Å². The van der Waals surface area contributed by atoms with Crippen LogP contribution in [0, 0.1) is 6.92 Å². The van der Waals surface area contributed by atoms with Crippen LogP contribution in [0.4, 0.5) is 5.69 Å². The number of hydrogen-bond donors (Lipinski definition) is 5. The smallest absolute Gasteiger partial charge is 0.339 e. The van der Waals surface area contributed by atoms with Crippen LogP contribution in [0.3, 0.4) is 0 Å². The van der Waals surface area contributed by atoms with Gasteiger partial charge in [0.1, 0.15) is 24.4 Å². The zero-order chi connectivity index (χ0) is 27.3. The van der Waals surface area contributed by atoms with E-state index in [9.17, 15) is 30.3 Å². The lowest BCUT2D eigenvalue weighted by Crippen LogP contribution is -2.58. The standard InChI is InChI=1S/C26H31ClN2O9/c1-12-3-4-13(27)9-15(12)29-7-5-28(6-8-29)10-14-17-18(21(33)24(36-2)19(14)31)23-25(38-26(17)35)22(34)20(32)16(11-30)37-23/h3-4,9,16,20,22-23,25,30-34H,5-8,10-11H2,1-2H3. The van der Waals surface area contributed by atoms with Gasteiger partial charge >= 0.3 is 5.97 Å². The molecule has 5 unspecified atom stereocenters. The van der Waals surface area contributed by atoms with Gasteiger partial charge in [0.15, 0.2) is 17.6 Å². The third kappa shape index (κ3) is 4.42. The number of methoxy groups -OCH3 is 1. The number of rotatable bonds is 5.